The summed E-state index contributed by atoms with van der Waals surface area (Å²) >= 11 is 8.22. The summed E-state index contributed by atoms with van der Waals surface area (Å²) in [5.74, 6) is 0.793. The van der Waals surface area contributed by atoms with E-state index in [1.54, 1.807) is 7.11 Å². The molecule has 3 aromatic carbocycles. The molecule has 3 aromatic rings. The maximum atomic E-state index is 11.2. The average molecular weight is 602 g/mol. The SMILES string of the molecule is COc1ccc(-c2cc(Cl)cc(SCCCCCCc3cccc(OCCCC(=O)O)c3CCC(=O)O)c2)cc1.N. The summed E-state index contributed by atoms with van der Waals surface area (Å²) in [5, 5.41) is 18.8. The fraction of sp³-hybridized carbons (Fsp3) is 0.375. The molecule has 0 saturated heterocycles. The van der Waals surface area contributed by atoms with Crippen molar-refractivity contribution in [2.75, 3.05) is 19.5 Å². The van der Waals surface area contributed by atoms with E-state index in [1.807, 2.05) is 66.4 Å². The Morgan fingerprint density at radius 1 is 0.829 bits per heavy atom. The Labute approximate surface area is 251 Å². The number of carboxylic acids is 2. The number of thioether (sulfide) groups is 1. The van der Waals surface area contributed by atoms with Crippen LogP contribution in [0.3, 0.4) is 0 Å². The molecule has 0 radical (unpaired) electrons. The second-order valence-corrected chi connectivity index (χ2v) is 11.2. The predicted molar refractivity (Wildman–Crippen MR) is 166 cm³/mol. The van der Waals surface area contributed by atoms with Crippen molar-refractivity contribution in [1.82, 2.24) is 6.15 Å². The van der Waals surface area contributed by atoms with Gasteiger partial charge in [-0.25, -0.2) is 0 Å². The van der Waals surface area contributed by atoms with Crippen LogP contribution < -0.4 is 15.6 Å². The van der Waals surface area contributed by atoms with Gasteiger partial charge < -0.3 is 25.8 Å². The van der Waals surface area contributed by atoms with E-state index in [2.05, 4.69) is 6.07 Å². The molecule has 0 aliphatic heterocycles. The molecule has 0 spiro atoms. The third-order valence-electron chi connectivity index (χ3n) is 6.52. The molecule has 3 rings (SSSR count). The van der Waals surface area contributed by atoms with Crippen LogP contribution in [0.25, 0.3) is 11.1 Å². The number of ether oxygens (including phenoxy) is 2. The predicted octanol–water partition coefficient (Wildman–Crippen LogP) is 8.33. The molecule has 0 unspecified atom stereocenters. The van der Waals surface area contributed by atoms with E-state index in [1.165, 1.54) is 0 Å². The number of hydrogen-bond acceptors (Lipinski definition) is 6. The Morgan fingerprint density at radius 3 is 2.27 bits per heavy atom. The van der Waals surface area contributed by atoms with E-state index in [0.29, 0.717) is 25.2 Å². The zero-order valence-electron chi connectivity index (χ0n) is 23.6. The lowest BCUT2D eigenvalue weighted by Crippen LogP contribution is -2.07. The number of carbonyl (C=O) groups is 2. The second-order valence-electron chi connectivity index (χ2n) is 9.55. The molecule has 0 aliphatic carbocycles. The van der Waals surface area contributed by atoms with Crippen LogP contribution in [0.4, 0.5) is 0 Å². The highest BCUT2D eigenvalue weighted by Gasteiger charge is 2.12. The number of benzene rings is 3. The molecule has 0 bridgehead atoms. The molecule has 0 saturated carbocycles. The summed E-state index contributed by atoms with van der Waals surface area (Å²) in [6, 6.07) is 19.9. The molecule has 7 nitrogen and oxygen atoms in total. The number of unbranched alkanes of at least 4 members (excludes halogenated alkanes) is 3. The summed E-state index contributed by atoms with van der Waals surface area (Å²) in [5.41, 5.74) is 4.22. The van der Waals surface area contributed by atoms with Crippen LogP contribution in [0.2, 0.25) is 5.02 Å². The average Bonchev–Trinajstić information content (AvgIpc) is 2.93. The van der Waals surface area contributed by atoms with Crippen molar-refractivity contribution in [1.29, 1.82) is 0 Å². The molecule has 0 aromatic heterocycles. The van der Waals surface area contributed by atoms with E-state index in [9.17, 15) is 14.7 Å². The normalized spacial score (nSPS) is 10.6. The smallest absolute Gasteiger partial charge is 0.303 e. The van der Waals surface area contributed by atoms with Gasteiger partial charge in [-0.1, -0.05) is 48.7 Å². The number of hydrogen-bond donors (Lipinski definition) is 3. The van der Waals surface area contributed by atoms with Crippen LogP contribution in [-0.4, -0.2) is 41.6 Å². The maximum Gasteiger partial charge on any atom is 0.303 e. The number of aryl methyl sites for hydroxylation is 1. The monoisotopic (exact) mass is 601 g/mol. The van der Waals surface area contributed by atoms with Crippen LogP contribution in [0, 0.1) is 0 Å². The first kappa shape index (κ1) is 34.0. The molecular formula is C32H40ClNO6S. The Hall–Kier alpha value is -3.20. The van der Waals surface area contributed by atoms with Crippen molar-refractivity contribution in [3.8, 4) is 22.6 Å². The number of carboxylic acid groups (broad SMARTS) is 2. The van der Waals surface area contributed by atoms with Gasteiger partial charge >= 0.3 is 11.9 Å². The third-order valence-corrected chi connectivity index (χ3v) is 7.80. The first-order valence-electron chi connectivity index (χ1n) is 13.6. The topological polar surface area (TPSA) is 128 Å². The van der Waals surface area contributed by atoms with Gasteiger partial charge in [0.1, 0.15) is 11.5 Å². The number of methoxy groups -OCH3 is 1. The summed E-state index contributed by atoms with van der Waals surface area (Å²) in [6.07, 6.45) is 6.02. The first-order chi connectivity index (χ1) is 19.4. The van der Waals surface area contributed by atoms with Gasteiger partial charge in [0.05, 0.1) is 13.7 Å². The molecule has 9 heteroatoms. The highest BCUT2D eigenvalue weighted by atomic mass is 35.5. The van der Waals surface area contributed by atoms with Gasteiger partial charge in [0.25, 0.3) is 0 Å². The molecule has 0 fully saturated rings. The van der Waals surface area contributed by atoms with Gasteiger partial charge in [0, 0.05) is 22.8 Å². The van der Waals surface area contributed by atoms with E-state index in [0.717, 1.165) is 75.8 Å². The van der Waals surface area contributed by atoms with Crippen molar-refractivity contribution in [3.63, 3.8) is 0 Å². The van der Waals surface area contributed by atoms with Crippen molar-refractivity contribution in [2.45, 2.75) is 62.7 Å². The first-order valence-corrected chi connectivity index (χ1v) is 15.0. The molecule has 0 heterocycles. The van der Waals surface area contributed by atoms with Crippen molar-refractivity contribution < 1.29 is 29.3 Å². The van der Waals surface area contributed by atoms with Gasteiger partial charge in [-0.05, 0) is 96.5 Å². The van der Waals surface area contributed by atoms with Gasteiger partial charge in [-0.15, -0.1) is 11.8 Å². The molecule has 0 aliphatic rings. The molecule has 5 N–H and O–H groups in total. The highest BCUT2D eigenvalue weighted by Crippen LogP contribution is 2.31. The lowest BCUT2D eigenvalue weighted by atomic mass is 9.97. The summed E-state index contributed by atoms with van der Waals surface area (Å²) in [4.78, 5) is 23.1. The van der Waals surface area contributed by atoms with Crippen LogP contribution in [0.1, 0.15) is 56.1 Å². The Bertz CT molecular complexity index is 1250. The summed E-state index contributed by atoms with van der Waals surface area (Å²) in [6.45, 7) is 0.293. The van der Waals surface area contributed by atoms with E-state index in [-0.39, 0.29) is 19.0 Å². The molecule has 0 amide bonds. The summed E-state index contributed by atoms with van der Waals surface area (Å²) < 4.78 is 11.1. The largest absolute Gasteiger partial charge is 0.497 e. The third kappa shape index (κ3) is 12.1. The minimum atomic E-state index is -0.854. The minimum Gasteiger partial charge on any atom is -0.497 e. The van der Waals surface area contributed by atoms with Crippen LogP contribution in [0.5, 0.6) is 11.5 Å². The van der Waals surface area contributed by atoms with Crippen LogP contribution in [0.15, 0.2) is 65.6 Å². The van der Waals surface area contributed by atoms with E-state index in [4.69, 9.17) is 26.2 Å². The molecular weight excluding hydrogens is 562 g/mol. The van der Waals surface area contributed by atoms with Gasteiger partial charge in [-0.3, -0.25) is 9.59 Å². The number of rotatable bonds is 18. The van der Waals surface area contributed by atoms with Crippen molar-refractivity contribution in [2.24, 2.45) is 0 Å². The lowest BCUT2D eigenvalue weighted by Gasteiger charge is -2.15. The minimum absolute atomic E-state index is 0. The Kier molecular flexibility index (Phi) is 15.2. The highest BCUT2D eigenvalue weighted by molar-refractivity contribution is 7.99. The molecule has 0 atom stereocenters. The number of aliphatic carboxylic acids is 2. The fourth-order valence-corrected chi connectivity index (χ4v) is 5.76. The van der Waals surface area contributed by atoms with Gasteiger partial charge in [0.2, 0.25) is 0 Å². The zero-order chi connectivity index (χ0) is 28.7. The van der Waals surface area contributed by atoms with Crippen molar-refractivity contribution >= 4 is 35.3 Å². The van der Waals surface area contributed by atoms with Crippen LogP contribution >= 0.6 is 23.4 Å². The molecule has 41 heavy (non-hydrogen) atoms. The fourth-order valence-electron chi connectivity index (χ4n) is 4.46. The van der Waals surface area contributed by atoms with E-state index < -0.39 is 11.9 Å². The zero-order valence-corrected chi connectivity index (χ0v) is 25.1. The van der Waals surface area contributed by atoms with Gasteiger partial charge in [0.15, 0.2) is 0 Å². The van der Waals surface area contributed by atoms with E-state index >= 15 is 0 Å². The van der Waals surface area contributed by atoms with Gasteiger partial charge in [-0.2, -0.15) is 0 Å². The Balaban J connectivity index is 0.00000588. The standard InChI is InChI=1S/C32H37ClO6S.H3N/c1-38-27-14-12-23(13-15-27)25-20-26(33)22-28(21-25)40-19-5-3-2-4-8-24-9-6-10-30(29(24)16-17-32(36)37)39-18-7-11-31(34)35;/h6,9-10,12-15,20-22H,2-5,7-8,11,16-19H2,1H3,(H,34,35)(H,36,37);1H3. The molecule has 222 valence electrons. The summed E-state index contributed by atoms with van der Waals surface area (Å²) in [7, 11) is 1.66. The lowest BCUT2D eigenvalue weighted by molar-refractivity contribution is -0.138. The second kappa shape index (κ2) is 18.3. The Morgan fingerprint density at radius 2 is 1.56 bits per heavy atom. The van der Waals surface area contributed by atoms with Crippen LogP contribution in [-0.2, 0) is 22.4 Å². The maximum absolute atomic E-state index is 11.2. The van der Waals surface area contributed by atoms with Crippen molar-refractivity contribution in [3.05, 3.63) is 76.8 Å². The number of halogens is 1. The quantitative estimate of drug-likeness (QED) is 0.0980.